The van der Waals surface area contributed by atoms with Crippen molar-refractivity contribution in [1.82, 2.24) is 0 Å². The van der Waals surface area contributed by atoms with E-state index in [9.17, 15) is 14.7 Å². The number of rotatable bonds is 19. The van der Waals surface area contributed by atoms with Gasteiger partial charge in [-0.15, -0.1) is 0 Å². The fourth-order valence-corrected chi connectivity index (χ4v) is 3.63. The smallest absolute Gasteiger partial charge is 0.309 e. The van der Waals surface area contributed by atoms with Crippen molar-refractivity contribution >= 4 is 11.9 Å². The number of aliphatic carboxylic acids is 1. The molecule has 0 saturated heterocycles. The predicted octanol–water partition coefficient (Wildman–Crippen LogP) is 4.47. The molecular formula is C24H47NO4Y. The second kappa shape index (κ2) is 19.7. The van der Waals surface area contributed by atoms with Gasteiger partial charge >= 0.3 is 5.97 Å². The number of carbonyl (C=O) groups is 2. The van der Waals surface area contributed by atoms with Crippen LogP contribution in [0.3, 0.4) is 0 Å². The second-order valence-corrected chi connectivity index (χ2v) is 9.69. The van der Waals surface area contributed by atoms with Crippen LogP contribution < -0.4 is 5.11 Å². The molecule has 0 aliphatic heterocycles. The first kappa shape index (κ1) is 32.2. The van der Waals surface area contributed by atoms with Crippen molar-refractivity contribution in [3.8, 4) is 0 Å². The van der Waals surface area contributed by atoms with E-state index in [0.717, 1.165) is 19.3 Å². The molecule has 30 heavy (non-hydrogen) atoms. The van der Waals surface area contributed by atoms with Crippen molar-refractivity contribution in [2.24, 2.45) is 5.92 Å². The van der Waals surface area contributed by atoms with Crippen molar-refractivity contribution in [1.29, 1.82) is 0 Å². The van der Waals surface area contributed by atoms with Crippen LogP contribution in [0.1, 0.15) is 104 Å². The summed E-state index contributed by atoms with van der Waals surface area (Å²) in [5.41, 5.74) is 0. The monoisotopic (exact) mass is 502 g/mol. The summed E-state index contributed by atoms with van der Waals surface area (Å²) in [7, 11) is 5.85. The zero-order chi connectivity index (χ0) is 22.1. The molecule has 0 aliphatic rings. The van der Waals surface area contributed by atoms with E-state index in [1.165, 1.54) is 64.2 Å². The first-order valence-electron chi connectivity index (χ1n) is 11.9. The fraction of sp³-hybridized carbons (Fsp3) is 0.917. The number of nitrogens with zero attached hydrogens (tertiary/aromatic N) is 1. The molecule has 5 nitrogen and oxygen atoms in total. The van der Waals surface area contributed by atoms with E-state index in [-0.39, 0.29) is 51.0 Å². The van der Waals surface area contributed by atoms with Gasteiger partial charge in [0.2, 0.25) is 0 Å². The summed E-state index contributed by atoms with van der Waals surface area (Å²) in [6.07, 6.45) is 15.5. The van der Waals surface area contributed by atoms with Crippen molar-refractivity contribution in [2.75, 3.05) is 27.7 Å². The maximum atomic E-state index is 12.3. The van der Waals surface area contributed by atoms with Crippen LogP contribution in [0.5, 0.6) is 0 Å². The van der Waals surface area contributed by atoms with Crippen LogP contribution in [-0.2, 0) is 47.0 Å². The Hall–Kier alpha value is 0.00390. The molecule has 2 unspecified atom stereocenters. The average Bonchev–Trinajstić information content (AvgIpc) is 2.60. The maximum absolute atomic E-state index is 12.3. The maximum Gasteiger partial charge on any atom is 0.309 e. The number of likely N-dealkylation sites (N-methyl/N-ethyl adjacent to an activating group) is 1. The number of unbranched alkanes of at least 4 members (excludes halogenated alkanes) is 11. The Labute approximate surface area is 211 Å². The molecule has 2 atom stereocenters. The summed E-state index contributed by atoms with van der Waals surface area (Å²) in [6, 6.07) is 0. The number of carboxylic acid groups (broad SMARTS) is 1. The van der Waals surface area contributed by atoms with Crippen LogP contribution in [0.15, 0.2) is 0 Å². The number of carbonyl (C=O) groups excluding carboxylic acids is 2. The molecule has 0 N–H and O–H groups in total. The summed E-state index contributed by atoms with van der Waals surface area (Å²) in [5, 5.41) is 10.9. The van der Waals surface area contributed by atoms with E-state index in [1.54, 1.807) is 0 Å². The van der Waals surface area contributed by atoms with E-state index >= 15 is 0 Å². The summed E-state index contributed by atoms with van der Waals surface area (Å²) < 4.78 is 6.02. The zero-order valence-corrected chi connectivity index (χ0v) is 23.3. The first-order valence-corrected chi connectivity index (χ1v) is 11.9. The number of hydrogen-bond acceptors (Lipinski definition) is 4. The van der Waals surface area contributed by atoms with E-state index in [1.807, 2.05) is 28.1 Å². The number of hydrogen-bond donors (Lipinski definition) is 0. The number of quaternary nitrogens is 1. The molecule has 0 rings (SSSR count). The third-order valence-electron chi connectivity index (χ3n) is 5.32. The number of carboxylic acids is 1. The van der Waals surface area contributed by atoms with Gasteiger partial charge in [0, 0.05) is 45.1 Å². The topological polar surface area (TPSA) is 66.4 Å². The van der Waals surface area contributed by atoms with Crippen molar-refractivity contribution < 1.29 is 56.6 Å². The Morgan fingerprint density at radius 1 is 0.833 bits per heavy atom. The summed E-state index contributed by atoms with van der Waals surface area (Å²) in [4.78, 5) is 23.2. The molecule has 0 aliphatic carbocycles. The molecule has 0 amide bonds. The number of ether oxygens (including phenoxy) is 1. The van der Waals surface area contributed by atoms with Gasteiger partial charge in [0.15, 0.2) is 6.10 Å². The van der Waals surface area contributed by atoms with E-state index in [4.69, 9.17) is 4.74 Å². The largest absolute Gasteiger partial charge is 0.550 e. The fourth-order valence-electron chi connectivity index (χ4n) is 3.63. The Kier molecular flexibility index (Phi) is 21.1. The summed E-state index contributed by atoms with van der Waals surface area (Å²) in [5.74, 6) is -1.65. The van der Waals surface area contributed by atoms with Gasteiger partial charge in [0.05, 0.1) is 27.1 Å². The molecule has 175 valence electrons. The van der Waals surface area contributed by atoms with Crippen LogP contribution >= 0.6 is 0 Å². The Bertz CT molecular complexity index is 437. The average molecular weight is 503 g/mol. The normalized spacial score (nSPS) is 13.4. The molecule has 0 fully saturated rings. The van der Waals surface area contributed by atoms with Gasteiger partial charge in [0.25, 0.3) is 0 Å². The van der Waals surface area contributed by atoms with Gasteiger partial charge < -0.3 is 19.1 Å². The quantitative estimate of drug-likeness (QED) is 0.149. The van der Waals surface area contributed by atoms with Gasteiger partial charge in [-0.1, -0.05) is 90.9 Å². The third kappa shape index (κ3) is 21.2. The van der Waals surface area contributed by atoms with Crippen LogP contribution in [0.2, 0.25) is 0 Å². The van der Waals surface area contributed by atoms with E-state index in [2.05, 4.69) is 6.92 Å². The second-order valence-electron chi connectivity index (χ2n) is 9.69. The Morgan fingerprint density at radius 2 is 1.27 bits per heavy atom. The minimum absolute atomic E-state index is 0. The predicted molar refractivity (Wildman–Crippen MR) is 117 cm³/mol. The minimum atomic E-state index is -1.18. The Morgan fingerprint density at radius 3 is 1.67 bits per heavy atom. The molecule has 0 aromatic heterocycles. The van der Waals surface area contributed by atoms with Crippen LogP contribution in [0, 0.1) is 5.92 Å². The summed E-state index contributed by atoms with van der Waals surface area (Å²) in [6.45, 7) is 4.60. The standard InChI is InChI=1S/C24H47NO4.Y/c1-6-7-8-9-10-11-12-13-14-15-16-17-18-21(2)24(28)29-22(19-23(26)27)20-25(3,4)5;/h21-22H,6-20H2,1-5H3;. The molecule has 6 heteroatoms. The van der Waals surface area contributed by atoms with Crippen molar-refractivity contribution in [2.45, 2.75) is 110 Å². The van der Waals surface area contributed by atoms with Gasteiger partial charge in [0.1, 0.15) is 6.54 Å². The van der Waals surface area contributed by atoms with E-state index in [0.29, 0.717) is 11.0 Å². The molecule has 0 spiro atoms. The summed E-state index contributed by atoms with van der Waals surface area (Å²) >= 11 is 0. The van der Waals surface area contributed by atoms with Gasteiger partial charge in [-0.05, 0) is 6.42 Å². The minimum Gasteiger partial charge on any atom is -0.550 e. The van der Waals surface area contributed by atoms with Crippen LogP contribution in [0.25, 0.3) is 0 Å². The molecule has 0 aromatic carbocycles. The molecular weight excluding hydrogens is 455 g/mol. The van der Waals surface area contributed by atoms with Gasteiger partial charge in [-0.3, -0.25) is 4.79 Å². The molecule has 0 heterocycles. The SMILES string of the molecule is CCCCCCCCCCCCCCC(C)C(=O)OC(CC(=O)[O-])C[N+](C)(C)C.[Y]. The number of esters is 1. The molecule has 0 bridgehead atoms. The molecule has 1 radical (unpaired) electrons. The molecule has 0 aromatic rings. The van der Waals surface area contributed by atoms with Crippen molar-refractivity contribution in [3.63, 3.8) is 0 Å². The van der Waals surface area contributed by atoms with E-state index < -0.39 is 12.1 Å². The zero-order valence-electron chi connectivity index (χ0n) is 20.4. The van der Waals surface area contributed by atoms with Crippen LogP contribution in [-0.4, -0.2) is 50.2 Å². The Balaban J connectivity index is 0. The molecule has 0 saturated carbocycles. The van der Waals surface area contributed by atoms with Gasteiger partial charge in [-0.2, -0.15) is 0 Å². The van der Waals surface area contributed by atoms with Crippen molar-refractivity contribution in [3.05, 3.63) is 0 Å². The first-order chi connectivity index (χ1) is 13.7. The third-order valence-corrected chi connectivity index (χ3v) is 5.32. The van der Waals surface area contributed by atoms with Crippen LogP contribution in [0.4, 0.5) is 0 Å². The van der Waals surface area contributed by atoms with Gasteiger partial charge in [-0.25, -0.2) is 0 Å².